The summed E-state index contributed by atoms with van der Waals surface area (Å²) in [7, 11) is -2.87. The number of benzene rings is 2. The first-order valence-corrected chi connectivity index (χ1v) is 14.5. The van der Waals surface area contributed by atoms with Gasteiger partial charge in [0, 0.05) is 25.2 Å². The van der Waals surface area contributed by atoms with E-state index in [1.54, 1.807) is 49.6 Å². The summed E-state index contributed by atoms with van der Waals surface area (Å²) < 4.78 is 30.2. The van der Waals surface area contributed by atoms with Gasteiger partial charge in [0.1, 0.15) is 5.82 Å². The summed E-state index contributed by atoms with van der Waals surface area (Å²) in [4.78, 5) is 29.7. The molecule has 0 aliphatic heterocycles. The van der Waals surface area contributed by atoms with E-state index < -0.39 is 32.2 Å². The van der Waals surface area contributed by atoms with Crippen molar-refractivity contribution >= 4 is 9.84 Å². The molecule has 0 amide bonds. The van der Waals surface area contributed by atoms with Crippen LogP contribution in [0.15, 0.2) is 86.2 Å². The van der Waals surface area contributed by atoms with Crippen molar-refractivity contribution < 1.29 is 13.5 Å². The summed E-state index contributed by atoms with van der Waals surface area (Å²) in [5, 5.41) is 20.2. The first-order valence-electron chi connectivity index (χ1n) is 13.0. The van der Waals surface area contributed by atoms with Gasteiger partial charge in [-0.15, -0.1) is 0 Å². The Morgan fingerprint density at radius 2 is 1.75 bits per heavy atom. The van der Waals surface area contributed by atoms with Crippen LogP contribution in [0.2, 0.25) is 0 Å². The van der Waals surface area contributed by atoms with E-state index in [-0.39, 0.29) is 16.3 Å². The number of rotatable bonds is 9. The number of nitrogens with zero attached hydrogens (tertiary/aromatic N) is 4. The lowest BCUT2D eigenvalue weighted by Gasteiger charge is -2.23. The molecule has 206 valence electrons. The summed E-state index contributed by atoms with van der Waals surface area (Å²) in [6.45, 7) is 3.83. The molecule has 4 aromatic rings. The van der Waals surface area contributed by atoms with Gasteiger partial charge in [0.25, 0.3) is 11.1 Å². The smallest absolute Gasteiger partial charge is 0.277 e. The molecule has 2 heterocycles. The van der Waals surface area contributed by atoms with Crippen molar-refractivity contribution in [1.29, 1.82) is 5.26 Å². The molecule has 0 saturated carbocycles. The lowest BCUT2D eigenvalue weighted by Crippen LogP contribution is -2.33. The highest BCUT2D eigenvalue weighted by molar-refractivity contribution is 7.91. The second-order valence-electron chi connectivity index (χ2n) is 9.49. The first-order chi connectivity index (χ1) is 19.1. The van der Waals surface area contributed by atoms with Crippen LogP contribution in [-0.2, 0) is 23.3 Å². The number of sulfone groups is 1. The van der Waals surface area contributed by atoms with Crippen molar-refractivity contribution in [2.45, 2.75) is 55.4 Å². The predicted molar refractivity (Wildman–Crippen MR) is 151 cm³/mol. The van der Waals surface area contributed by atoms with Gasteiger partial charge in [-0.3, -0.25) is 14.2 Å². The van der Waals surface area contributed by atoms with Gasteiger partial charge >= 0.3 is 0 Å². The Morgan fingerprint density at radius 3 is 2.40 bits per heavy atom. The van der Waals surface area contributed by atoms with E-state index in [9.17, 15) is 28.4 Å². The third kappa shape index (κ3) is 5.33. The largest absolute Gasteiger partial charge is 0.492 e. The summed E-state index contributed by atoms with van der Waals surface area (Å²) in [5.41, 5.74) is 0.855. The molecule has 2 aromatic heterocycles. The van der Waals surface area contributed by atoms with Gasteiger partial charge in [-0.05, 0) is 60.4 Å². The third-order valence-electron chi connectivity index (χ3n) is 6.85. The van der Waals surface area contributed by atoms with Crippen LogP contribution in [0.25, 0.3) is 11.1 Å². The zero-order valence-electron chi connectivity index (χ0n) is 22.5. The second-order valence-corrected chi connectivity index (χ2v) is 11.4. The Labute approximate surface area is 232 Å². The molecule has 0 aliphatic rings. The van der Waals surface area contributed by atoms with Crippen LogP contribution in [0, 0.1) is 11.3 Å². The first kappa shape index (κ1) is 28.5. The van der Waals surface area contributed by atoms with Crippen molar-refractivity contribution in [3.05, 3.63) is 105 Å². The summed E-state index contributed by atoms with van der Waals surface area (Å²) in [6.07, 6.45) is 3.87. The van der Waals surface area contributed by atoms with Gasteiger partial charge in [0.2, 0.25) is 15.7 Å². The number of nitriles is 1. The van der Waals surface area contributed by atoms with E-state index in [1.165, 1.54) is 33.4 Å². The lowest BCUT2D eigenvalue weighted by atomic mass is 10.0. The molecular weight excluding hydrogens is 528 g/mol. The van der Waals surface area contributed by atoms with Crippen molar-refractivity contribution in [3.8, 4) is 23.1 Å². The van der Waals surface area contributed by atoms with Crippen LogP contribution < -0.4 is 11.1 Å². The molecule has 1 atom stereocenters. The van der Waals surface area contributed by atoms with Crippen LogP contribution in [0.5, 0.6) is 5.88 Å². The number of unbranched alkanes of at least 4 members (excludes halogenated alkanes) is 1. The normalized spacial score (nSPS) is 12.2. The number of aromatic hydroxyl groups is 1. The maximum atomic E-state index is 14.0. The molecule has 2 aromatic carbocycles. The zero-order valence-corrected chi connectivity index (χ0v) is 23.4. The van der Waals surface area contributed by atoms with Gasteiger partial charge in [-0.1, -0.05) is 44.5 Å². The highest BCUT2D eigenvalue weighted by Gasteiger charge is 2.31. The monoisotopic (exact) mass is 558 g/mol. The molecule has 9 nitrogen and oxygen atoms in total. The van der Waals surface area contributed by atoms with Crippen LogP contribution in [0.1, 0.15) is 56.1 Å². The Morgan fingerprint density at radius 1 is 1.02 bits per heavy atom. The van der Waals surface area contributed by atoms with E-state index in [0.717, 1.165) is 6.42 Å². The summed E-state index contributed by atoms with van der Waals surface area (Å²) in [6, 6.07) is 17.2. The fraction of sp³-hybridized carbons (Fsp3) is 0.267. The van der Waals surface area contributed by atoms with Gasteiger partial charge < -0.3 is 9.67 Å². The minimum Gasteiger partial charge on any atom is -0.492 e. The lowest BCUT2D eigenvalue weighted by molar-refractivity contribution is 0.406. The van der Waals surface area contributed by atoms with E-state index >= 15 is 0 Å². The highest BCUT2D eigenvalue weighted by Crippen LogP contribution is 2.30. The average molecular weight is 559 g/mol. The molecule has 0 aliphatic carbocycles. The quantitative estimate of drug-likeness (QED) is 0.322. The zero-order chi connectivity index (χ0) is 29.0. The predicted octanol–water partition coefficient (Wildman–Crippen LogP) is 4.36. The molecule has 0 spiro atoms. The topological polar surface area (TPSA) is 135 Å². The fourth-order valence-electron chi connectivity index (χ4n) is 4.75. The number of pyridine rings is 1. The molecule has 4 rings (SSSR count). The second kappa shape index (κ2) is 11.7. The number of aromatic nitrogens is 3. The van der Waals surface area contributed by atoms with E-state index in [1.807, 2.05) is 13.8 Å². The van der Waals surface area contributed by atoms with E-state index in [0.29, 0.717) is 41.5 Å². The molecule has 40 heavy (non-hydrogen) atoms. The molecule has 10 heteroatoms. The molecule has 1 N–H and O–H groups in total. The maximum absolute atomic E-state index is 14.0. The molecule has 0 bridgehead atoms. The van der Waals surface area contributed by atoms with Gasteiger partial charge in [0.15, 0.2) is 4.90 Å². The molecular formula is C30H30N4O5S. The van der Waals surface area contributed by atoms with Crippen molar-refractivity contribution in [3.63, 3.8) is 0 Å². The van der Waals surface area contributed by atoms with Crippen LogP contribution >= 0.6 is 0 Å². The SMILES string of the molecule is CCCCc1nc(O)c(S(=O)(=O)c2ccc(-c3cccn(C)c3=O)cc2)c(=O)n1[C@@H](CC)c1cccc(C#N)c1. The summed E-state index contributed by atoms with van der Waals surface area (Å²) >= 11 is 0. The Balaban J connectivity index is 1.88. The Kier molecular flexibility index (Phi) is 8.35. The van der Waals surface area contributed by atoms with E-state index in [2.05, 4.69) is 11.1 Å². The van der Waals surface area contributed by atoms with E-state index in [4.69, 9.17) is 0 Å². The van der Waals surface area contributed by atoms with Crippen molar-refractivity contribution in [2.24, 2.45) is 7.05 Å². The minimum atomic E-state index is -4.50. The number of hydrogen-bond acceptors (Lipinski definition) is 7. The molecule has 0 radical (unpaired) electrons. The average Bonchev–Trinajstić information content (AvgIpc) is 2.95. The Bertz CT molecular complexity index is 1820. The van der Waals surface area contributed by atoms with Crippen LogP contribution in [-0.4, -0.2) is 27.6 Å². The molecule has 0 saturated heterocycles. The maximum Gasteiger partial charge on any atom is 0.277 e. The standard InChI is InChI=1S/C30H30N4O5S/c1-4-6-12-26-32-28(35)27(30(37)34(26)25(5-2)22-10-7-9-20(18-22)19-31)40(38,39)23-15-13-21(14-16-23)24-11-8-17-33(3)29(24)36/h7-11,13-18,25,35H,4-6,12H2,1-3H3/t25-/m0/s1. The van der Waals surface area contributed by atoms with Gasteiger partial charge in [0.05, 0.1) is 22.6 Å². The third-order valence-corrected chi connectivity index (χ3v) is 8.64. The molecule has 0 unspecified atom stereocenters. The number of hydrogen-bond donors (Lipinski definition) is 1. The molecule has 0 fully saturated rings. The van der Waals surface area contributed by atoms with Gasteiger partial charge in [-0.2, -0.15) is 10.2 Å². The van der Waals surface area contributed by atoms with Gasteiger partial charge in [-0.25, -0.2) is 8.42 Å². The van der Waals surface area contributed by atoms with Crippen LogP contribution in [0.3, 0.4) is 0 Å². The Hall–Kier alpha value is -4.49. The van der Waals surface area contributed by atoms with Crippen molar-refractivity contribution in [2.75, 3.05) is 0 Å². The summed E-state index contributed by atoms with van der Waals surface area (Å²) in [5.74, 6) is -0.582. The fourth-order valence-corrected chi connectivity index (χ4v) is 6.09. The minimum absolute atomic E-state index is 0.217. The highest BCUT2D eigenvalue weighted by atomic mass is 32.2. The van der Waals surface area contributed by atoms with Crippen LogP contribution in [0.4, 0.5) is 0 Å². The number of aryl methyl sites for hydroxylation is 2. The van der Waals surface area contributed by atoms with Crippen molar-refractivity contribution in [1.82, 2.24) is 14.1 Å².